The van der Waals surface area contributed by atoms with Crippen molar-refractivity contribution in [2.75, 3.05) is 38.7 Å². The molecule has 1 aromatic carbocycles. The van der Waals surface area contributed by atoms with Gasteiger partial charge in [-0.15, -0.1) is 11.3 Å². The summed E-state index contributed by atoms with van der Waals surface area (Å²) < 4.78 is 10.9. The van der Waals surface area contributed by atoms with Crippen LogP contribution >= 0.6 is 11.3 Å². The van der Waals surface area contributed by atoms with E-state index in [0.717, 1.165) is 55.1 Å². The van der Waals surface area contributed by atoms with Crippen molar-refractivity contribution in [3.05, 3.63) is 46.1 Å². The molecule has 0 radical (unpaired) electrons. The van der Waals surface area contributed by atoms with E-state index in [1.165, 1.54) is 34.2 Å². The van der Waals surface area contributed by atoms with E-state index in [1.54, 1.807) is 18.4 Å². The minimum absolute atomic E-state index is 0.250. The summed E-state index contributed by atoms with van der Waals surface area (Å²) in [6.45, 7) is 8.56. The van der Waals surface area contributed by atoms with Gasteiger partial charge in [0.05, 0.1) is 38.3 Å². The number of hydrogen-bond donors (Lipinski definition) is 1. The molecule has 1 unspecified atom stereocenters. The fourth-order valence-corrected chi connectivity index (χ4v) is 5.34. The highest BCUT2D eigenvalue weighted by Gasteiger charge is 2.33. The van der Waals surface area contributed by atoms with Crippen LogP contribution in [0.5, 0.6) is 5.75 Å². The summed E-state index contributed by atoms with van der Waals surface area (Å²) in [5, 5.41) is 5.01. The lowest BCUT2D eigenvalue weighted by Gasteiger charge is -2.26. The molecule has 1 N–H and O–H groups in total. The molecular formula is C24H30N4O2S. The van der Waals surface area contributed by atoms with E-state index in [1.807, 2.05) is 12.1 Å². The number of nitrogens with zero attached hydrogens (tertiary/aromatic N) is 3. The van der Waals surface area contributed by atoms with Gasteiger partial charge in [-0.2, -0.15) is 0 Å². The van der Waals surface area contributed by atoms with Crippen LogP contribution in [0.3, 0.4) is 0 Å². The Labute approximate surface area is 187 Å². The molecule has 1 saturated carbocycles. The Morgan fingerprint density at radius 1 is 1.16 bits per heavy atom. The maximum absolute atomic E-state index is 5.50. The summed E-state index contributed by atoms with van der Waals surface area (Å²) in [4.78, 5) is 14.8. The quantitative estimate of drug-likeness (QED) is 0.576. The number of nitrogens with one attached hydrogen (secondary N) is 1. The molecule has 3 aromatic rings. The highest BCUT2D eigenvalue weighted by molar-refractivity contribution is 7.18. The largest absolute Gasteiger partial charge is 0.497 e. The Kier molecular flexibility index (Phi) is 5.82. The van der Waals surface area contributed by atoms with Crippen LogP contribution in [0.15, 0.2) is 24.3 Å². The fraction of sp³-hybridized carbons (Fsp3) is 0.500. The zero-order valence-electron chi connectivity index (χ0n) is 18.5. The first-order chi connectivity index (χ1) is 15.1. The number of anilines is 1. The second kappa shape index (κ2) is 8.73. The van der Waals surface area contributed by atoms with E-state index < -0.39 is 0 Å². The lowest BCUT2D eigenvalue weighted by molar-refractivity contribution is 0.0331. The van der Waals surface area contributed by atoms with Crippen LogP contribution in [0.25, 0.3) is 10.2 Å². The predicted molar refractivity (Wildman–Crippen MR) is 125 cm³/mol. The van der Waals surface area contributed by atoms with E-state index in [9.17, 15) is 0 Å². The van der Waals surface area contributed by atoms with Crippen LogP contribution in [0.2, 0.25) is 0 Å². The van der Waals surface area contributed by atoms with Gasteiger partial charge in [0.25, 0.3) is 0 Å². The van der Waals surface area contributed by atoms with Gasteiger partial charge >= 0.3 is 0 Å². The minimum atomic E-state index is 0.250. The van der Waals surface area contributed by atoms with Crippen LogP contribution in [-0.4, -0.2) is 48.3 Å². The molecular weight excluding hydrogens is 408 g/mol. The maximum atomic E-state index is 5.50. The number of ether oxygens (including phenoxy) is 2. The van der Waals surface area contributed by atoms with Crippen molar-refractivity contribution in [2.24, 2.45) is 5.92 Å². The summed E-state index contributed by atoms with van der Waals surface area (Å²) in [6.07, 6.45) is 2.50. The minimum Gasteiger partial charge on any atom is -0.497 e. The number of morpholine rings is 1. The molecule has 1 atom stereocenters. The van der Waals surface area contributed by atoms with E-state index in [4.69, 9.17) is 19.4 Å². The molecule has 2 aromatic heterocycles. The first kappa shape index (κ1) is 20.7. The lowest BCUT2D eigenvalue weighted by Crippen LogP contribution is -2.36. The smallest absolute Gasteiger partial charge is 0.146 e. The third-order valence-electron chi connectivity index (χ3n) is 6.40. The van der Waals surface area contributed by atoms with Gasteiger partial charge in [-0.1, -0.05) is 12.1 Å². The van der Waals surface area contributed by atoms with Gasteiger partial charge < -0.3 is 14.8 Å². The Bertz CT molecular complexity index is 1060. The number of hydrogen-bond acceptors (Lipinski definition) is 7. The number of aryl methyl sites for hydroxylation is 2. The zero-order valence-corrected chi connectivity index (χ0v) is 19.3. The van der Waals surface area contributed by atoms with Gasteiger partial charge in [0.15, 0.2) is 0 Å². The lowest BCUT2D eigenvalue weighted by atomic mass is 10.0. The van der Waals surface area contributed by atoms with E-state index in [0.29, 0.717) is 5.92 Å². The summed E-state index contributed by atoms with van der Waals surface area (Å²) in [6, 6.07) is 8.69. The van der Waals surface area contributed by atoms with E-state index >= 15 is 0 Å². The topological polar surface area (TPSA) is 59.5 Å². The van der Waals surface area contributed by atoms with Crippen molar-refractivity contribution in [3.8, 4) is 5.75 Å². The third kappa shape index (κ3) is 4.40. The maximum Gasteiger partial charge on any atom is 0.146 e. The Hall–Kier alpha value is -2.22. The molecule has 3 heterocycles. The number of thiophene rings is 1. The molecule has 2 fully saturated rings. The number of methoxy groups -OCH3 is 1. The zero-order chi connectivity index (χ0) is 21.4. The molecule has 0 amide bonds. The second-order valence-electron chi connectivity index (χ2n) is 8.57. The van der Waals surface area contributed by atoms with Crippen molar-refractivity contribution >= 4 is 27.4 Å². The molecule has 0 spiro atoms. The average molecular weight is 439 g/mol. The summed E-state index contributed by atoms with van der Waals surface area (Å²) in [5.74, 6) is 3.39. The van der Waals surface area contributed by atoms with Gasteiger partial charge in [-0.25, -0.2) is 9.97 Å². The molecule has 1 aliphatic heterocycles. The normalized spacial score (nSPS) is 18.3. The molecule has 164 valence electrons. The number of aromatic nitrogens is 2. The van der Waals surface area contributed by atoms with Gasteiger partial charge in [0.2, 0.25) is 0 Å². The van der Waals surface area contributed by atoms with E-state index in [2.05, 4.69) is 36.2 Å². The Morgan fingerprint density at radius 3 is 2.58 bits per heavy atom. The molecule has 2 aliphatic rings. The number of rotatable bonds is 7. The Balaban J connectivity index is 1.50. The van der Waals surface area contributed by atoms with Crippen LogP contribution in [0.4, 0.5) is 5.82 Å². The predicted octanol–water partition coefficient (Wildman–Crippen LogP) is 4.71. The van der Waals surface area contributed by atoms with Crippen molar-refractivity contribution in [1.82, 2.24) is 14.9 Å². The van der Waals surface area contributed by atoms with Crippen LogP contribution in [0, 0.1) is 19.8 Å². The fourth-order valence-electron chi connectivity index (χ4n) is 4.29. The van der Waals surface area contributed by atoms with Gasteiger partial charge in [0, 0.05) is 18.0 Å². The van der Waals surface area contributed by atoms with E-state index in [-0.39, 0.29) is 6.04 Å². The third-order valence-corrected chi connectivity index (χ3v) is 7.51. The number of benzene rings is 1. The van der Waals surface area contributed by atoms with Crippen LogP contribution in [-0.2, 0) is 11.3 Å². The van der Waals surface area contributed by atoms with Crippen LogP contribution < -0.4 is 10.1 Å². The molecule has 7 heteroatoms. The summed E-state index contributed by atoms with van der Waals surface area (Å²) in [5.41, 5.74) is 2.57. The van der Waals surface area contributed by atoms with Gasteiger partial charge in [0.1, 0.15) is 22.2 Å². The average Bonchev–Trinajstić information content (AvgIpc) is 3.58. The molecule has 1 saturated heterocycles. The first-order valence-electron chi connectivity index (χ1n) is 11.1. The molecule has 5 rings (SSSR count). The molecule has 6 nitrogen and oxygen atoms in total. The highest BCUT2D eigenvalue weighted by atomic mass is 32.1. The monoisotopic (exact) mass is 438 g/mol. The second-order valence-corrected chi connectivity index (χ2v) is 9.78. The van der Waals surface area contributed by atoms with Crippen molar-refractivity contribution in [3.63, 3.8) is 0 Å². The summed E-state index contributed by atoms with van der Waals surface area (Å²) in [7, 11) is 1.71. The SMILES string of the molecule is COc1ccc(C(Nc2nc(CN3CCOCC3)nc3sc(C)c(C)c23)C2CC2)cc1. The molecule has 0 bridgehead atoms. The Morgan fingerprint density at radius 2 is 1.90 bits per heavy atom. The molecule has 1 aliphatic carbocycles. The van der Waals surface area contributed by atoms with Crippen molar-refractivity contribution < 1.29 is 9.47 Å². The van der Waals surface area contributed by atoms with Gasteiger partial charge in [-0.05, 0) is 55.9 Å². The first-order valence-corrected chi connectivity index (χ1v) is 11.9. The number of fused-ring (bicyclic) bond motifs is 1. The van der Waals surface area contributed by atoms with Crippen molar-refractivity contribution in [2.45, 2.75) is 39.3 Å². The summed E-state index contributed by atoms with van der Waals surface area (Å²) >= 11 is 1.77. The standard InChI is InChI=1S/C24H30N4O2S/c1-15-16(2)31-24-21(15)23(25-20(26-24)14-28-10-12-30-13-11-28)27-22(17-4-5-17)18-6-8-19(29-3)9-7-18/h6-9,17,22H,4-5,10-14H2,1-3H3,(H,25,26,27). The highest BCUT2D eigenvalue weighted by Crippen LogP contribution is 2.44. The molecule has 31 heavy (non-hydrogen) atoms. The van der Waals surface area contributed by atoms with Gasteiger partial charge in [-0.3, -0.25) is 4.90 Å². The van der Waals surface area contributed by atoms with Crippen molar-refractivity contribution in [1.29, 1.82) is 0 Å². The van der Waals surface area contributed by atoms with Crippen LogP contribution in [0.1, 0.15) is 40.7 Å².